The van der Waals surface area contributed by atoms with E-state index in [1.54, 1.807) is 16.7 Å². The molecule has 2 N–H and O–H groups in total. The molecule has 2 heterocycles. The minimum absolute atomic E-state index is 0.176. The molecular formula is C15H13BrClN5O3. The minimum Gasteiger partial charge on any atom is -0.368 e. The van der Waals surface area contributed by atoms with Crippen LogP contribution in [-0.4, -0.2) is 24.6 Å². The molecule has 25 heavy (non-hydrogen) atoms. The van der Waals surface area contributed by atoms with E-state index in [0.29, 0.717) is 9.76 Å². The molecule has 3 rings (SSSR count). The lowest BCUT2D eigenvalue weighted by Crippen LogP contribution is -2.42. The van der Waals surface area contributed by atoms with Gasteiger partial charge in [-0.15, -0.1) is 0 Å². The Kier molecular flexibility index (Phi) is 4.53. The van der Waals surface area contributed by atoms with E-state index >= 15 is 0 Å². The molecule has 1 amide bonds. The third kappa shape index (κ3) is 3.00. The number of benzene rings is 1. The maximum Gasteiger partial charge on any atom is 0.332 e. The molecule has 2 aromatic heterocycles. The number of aryl methyl sites for hydroxylation is 1. The molecule has 10 heteroatoms. The van der Waals surface area contributed by atoms with Gasteiger partial charge in [-0.1, -0.05) is 29.8 Å². The summed E-state index contributed by atoms with van der Waals surface area (Å²) in [6, 6.07) is 7.20. The van der Waals surface area contributed by atoms with Crippen LogP contribution < -0.4 is 17.0 Å². The molecule has 0 atom stereocenters. The number of hydrogen-bond acceptors (Lipinski definition) is 4. The standard InChI is InChI=1S/C15H13BrClN5O3/c1-20-12-11(13(24)22(15(20)25)7-10(18)23)21(14(16)19-12)6-8-4-2-3-5-9(8)17/h2-5H,6-7H2,1H3,(H2,18,23). The molecule has 0 unspecified atom stereocenters. The third-order valence-electron chi connectivity index (χ3n) is 3.79. The second kappa shape index (κ2) is 6.49. The average Bonchev–Trinajstić information content (AvgIpc) is 2.88. The summed E-state index contributed by atoms with van der Waals surface area (Å²) in [6.45, 7) is -0.239. The van der Waals surface area contributed by atoms with E-state index in [4.69, 9.17) is 17.3 Å². The summed E-state index contributed by atoms with van der Waals surface area (Å²) in [7, 11) is 1.47. The Morgan fingerprint density at radius 2 is 1.96 bits per heavy atom. The van der Waals surface area contributed by atoms with Crippen molar-refractivity contribution in [3.63, 3.8) is 0 Å². The zero-order valence-corrected chi connectivity index (χ0v) is 15.4. The highest BCUT2D eigenvalue weighted by Gasteiger charge is 2.20. The fourth-order valence-corrected chi connectivity index (χ4v) is 3.25. The van der Waals surface area contributed by atoms with Crippen LogP contribution in [0.1, 0.15) is 5.56 Å². The molecule has 8 nitrogen and oxygen atoms in total. The zero-order chi connectivity index (χ0) is 18.3. The molecule has 0 aliphatic heterocycles. The highest BCUT2D eigenvalue weighted by atomic mass is 79.9. The maximum absolute atomic E-state index is 12.8. The first-order chi connectivity index (χ1) is 11.8. The van der Waals surface area contributed by atoms with Gasteiger partial charge in [-0.05, 0) is 27.6 Å². The van der Waals surface area contributed by atoms with Gasteiger partial charge in [0.25, 0.3) is 5.56 Å². The van der Waals surface area contributed by atoms with Crippen LogP contribution in [0.3, 0.4) is 0 Å². The Hall–Kier alpha value is -2.39. The van der Waals surface area contributed by atoms with E-state index in [-0.39, 0.29) is 17.7 Å². The number of carbonyl (C=O) groups excluding carboxylic acids is 1. The first-order valence-electron chi connectivity index (χ1n) is 7.18. The molecule has 1 aromatic carbocycles. The lowest BCUT2D eigenvalue weighted by molar-refractivity contribution is -0.118. The van der Waals surface area contributed by atoms with Crippen molar-refractivity contribution >= 4 is 44.6 Å². The van der Waals surface area contributed by atoms with Crippen molar-refractivity contribution in [1.29, 1.82) is 0 Å². The monoisotopic (exact) mass is 425 g/mol. The van der Waals surface area contributed by atoms with Gasteiger partial charge in [0.2, 0.25) is 5.91 Å². The Balaban J connectivity index is 2.30. The lowest BCUT2D eigenvalue weighted by atomic mass is 10.2. The molecule has 0 radical (unpaired) electrons. The minimum atomic E-state index is -0.783. The van der Waals surface area contributed by atoms with Gasteiger partial charge in [-0.3, -0.25) is 14.2 Å². The van der Waals surface area contributed by atoms with Crippen molar-refractivity contribution in [2.24, 2.45) is 12.8 Å². The van der Waals surface area contributed by atoms with Gasteiger partial charge in [0.1, 0.15) is 6.54 Å². The first kappa shape index (κ1) is 17.4. The molecule has 130 valence electrons. The van der Waals surface area contributed by atoms with Crippen LogP contribution in [0, 0.1) is 0 Å². The molecule has 0 fully saturated rings. The Bertz CT molecular complexity index is 1110. The smallest absolute Gasteiger partial charge is 0.332 e. The molecule has 0 bridgehead atoms. The van der Waals surface area contributed by atoms with Gasteiger partial charge < -0.3 is 10.3 Å². The fourth-order valence-electron chi connectivity index (χ4n) is 2.58. The van der Waals surface area contributed by atoms with Crippen LogP contribution in [0.15, 0.2) is 38.6 Å². The summed E-state index contributed by atoms with van der Waals surface area (Å²) in [5, 5.41) is 0.540. The van der Waals surface area contributed by atoms with E-state index in [1.807, 2.05) is 12.1 Å². The van der Waals surface area contributed by atoms with Crippen LogP contribution in [0.25, 0.3) is 11.2 Å². The van der Waals surface area contributed by atoms with Crippen molar-refractivity contribution in [3.8, 4) is 0 Å². The van der Waals surface area contributed by atoms with Crippen molar-refractivity contribution in [3.05, 3.63) is 60.4 Å². The molecule has 3 aromatic rings. The third-order valence-corrected chi connectivity index (χ3v) is 4.76. The van der Waals surface area contributed by atoms with E-state index < -0.39 is 23.7 Å². The van der Waals surface area contributed by atoms with Crippen molar-refractivity contribution in [2.45, 2.75) is 13.1 Å². The number of carbonyl (C=O) groups is 1. The number of primary amides is 1. The molecular weight excluding hydrogens is 414 g/mol. The highest BCUT2D eigenvalue weighted by Crippen LogP contribution is 2.22. The van der Waals surface area contributed by atoms with Gasteiger partial charge >= 0.3 is 5.69 Å². The number of nitrogens with two attached hydrogens (primary N) is 1. The Morgan fingerprint density at radius 3 is 2.60 bits per heavy atom. The predicted octanol–water partition coefficient (Wildman–Crippen LogP) is 0.846. The molecule has 0 saturated carbocycles. The predicted molar refractivity (Wildman–Crippen MR) is 96.7 cm³/mol. The summed E-state index contributed by atoms with van der Waals surface area (Å²) in [6.07, 6.45) is 0. The second-order valence-corrected chi connectivity index (χ2v) is 6.55. The summed E-state index contributed by atoms with van der Waals surface area (Å²) >= 11 is 9.51. The molecule has 0 saturated heterocycles. The second-order valence-electron chi connectivity index (χ2n) is 5.43. The largest absolute Gasteiger partial charge is 0.368 e. The van der Waals surface area contributed by atoms with Gasteiger partial charge in [0.15, 0.2) is 15.9 Å². The summed E-state index contributed by atoms with van der Waals surface area (Å²) in [5.74, 6) is -0.783. The SMILES string of the molecule is Cn1c(=O)n(CC(N)=O)c(=O)c2c1nc(Br)n2Cc1ccccc1Cl. The number of amides is 1. The topological polar surface area (TPSA) is 105 Å². The fraction of sp³-hybridized carbons (Fsp3) is 0.200. The number of aromatic nitrogens is 4. The number of rotatable bonds is 4. The van der Waals surface area contributed by atoms with Crippen molar-refractivity contribution in [1.82, 2.24) is 18.7 Å². The van der Waals surface area contributed by atoms with Gasteiger partial charge in [-0.2, -0.15) is 0 Å². The normalized spacial score (nSPS) is 11.2. The highest BCUT2D eigenvalue weighted by molar-refractivity contribution is 9.10. The van der Waals surface area contributed by atoms with E-state index in [1.165, 1.54) is 11.6 Å². The van der Waals surface area contributed by atoms with Crippen LogP contribution in [0.2, 0.25) is 5.02 Å². The van der Waals surface area contributed by atoms with Gasteiger partial charge in [-0.25, -0.2) is 14.3 Å². The number of fused-ring (bicyclic) bond motifs is 1. The number of nitrogens with zero attached hydrogens (tertiary/aromatic N) is 4. The van der Waals surface area contributed by atoms with Crippen molar-refractivity contribution in [2.75, 3.05) is 0 Å². The Morgan fingerprint density at radius 1 is 1.28 bits per heavy atom. The van der Waals surface area contributed by atoms with Crippen LogP contribution >= 0.6 is 27.5 Å². The number of imidazole rings is 1. The average molecular weight is 427 g/mol. The molecule has 0 aliphatic carbocycles. The summed E-state index contributed by atoms with van der Waals surface area (Å²) in [4.78, 5) is 40.5. The number of hydrogen-bond donors (Lipinski definition) is 1. The summed E-state index contributed by atoms with van der Waals surface area (Å²) in [5.41, 5.74) is 5.01. The van der Waals surface area contributed by atoms with E-state index in [2.05, 4.69) is 20.9 Å². The first-order valence-corrected chi connectivity index (χ1v) is 8.35. The van der Waals surface area contributed by atoms with Gasteiger partial charge in [0.05, 0.1) is 6.54 Å². The van der Waals surface area contributed by atoms with Crippen LogP contribution in [-0.2, 0) is 24.9 Å². The van der Waals surface area contributed by atoms with Crippen LogP contribution in [0.4, 0.5) is 0 Å². The van der Waals surface area contributed by atoms with E-state index in [0.717, 1.165) is 10.1 Å². The van der Waals surface area contributed by atoms with E-state index in [9.17, 15) is 14.4 Å². The zero-order valence-electron chi connectivity index (χ0n) is 13.1. The quantitative estimate of drug-likeness (QED) is 0.624. The van der Waals surface area contributed by atoms with Crippen molar-refractivity contribution < 1.29 is 4.79 Å². The number of halogens is 2. The van der Waals surface area contributed by atoms with Gasteiger partial charge in [0, 0.05) is 12.1 Å². The molecule has 0 spiro atoms. The Labute approximate surface area is 154 Å². The van der Waals surface area contributed by atoms with Crippen LogP contribution in [0.5, 0.6) is 0 Å². The molecule has 0 aliphatic rings. The lowest BCUT2D eigenvalue weighted by Gasteiger charge is -2.10. The maximum atomic E-state index is 12.8. The summed E-state index contributed by atoms with van der Waals surface area (Å²) < 4.78 is 3.96.